The molecule has 0 saturated heterocycles. The Bertz CT molecular complexity index is 552. The van der Waals surface area contributed by atoms with E-state index in [1.807, 2.05) is 54.6 Å². The van der Waals surface area contributed by atoms with Gasteiger partial charge in [0.1, 0.15) is 18.4 Å². The smallest absolute Gasteiger partial charge is 0.239 e. The minimum Gasteiger partial charge on any atom is -0.489 e. The van der Waals surface area contributed by atoms with Crippen molar-refractivity contribution in [1.29, 1.82) is 0 Å². The number of ether oxygens (including phenoxy) is 1. The standard InChI is InChI=1S/C16H18N2O2/c1-12(16(17)19)18-14-7-9-15(10-8-14)20-11-13-5-3-2-4-6-13/h2-10,12,18H,11H2,1H3,(H2,17,19). The van der Waals surface area contributed by atoms with Crippen molar-refractivity contribution in [3.8, 4) is 5.75 Å². The van der Waals surface area contributed by atoms with Crippen LogP contribution >= 0.6 is 0 Å². The number of hydrogen-bond acceptors (Lipinski definition) is 3. The lowest BCUT2D eigenvalue weighted by atomic mass is 10.2. The van der Waals surface area contributed by atoms with E-state index in [1.165, 1.54) is 0 Å². The Morgan fingerprint density at radius 3 is 2.40 bits per heavy atom. The molecule has 0 fully saturated rings. The van der Waals surface area contributed by atoms with E-state index in [4.69, 9.17) is 10.5 Å². The number of amides is 1. The SMILES string of the molecule is CC(Nc1ccc(OCc2ccccc2)cc1)C(N)=O. The topological polar surface area (TPSA) is 64.3 Å². The highest BCUT2D eigenvalue weighted by molar-refractivity contribution is 5.82. The number of carbonyl (C=O) groups excluding carboxylic acids is 1. The normalized spacial score (nSPS) is 11.7. The van der Waals surface area contributed by atoms with Crippen molar-refractivity contribution in [1.82, 2.24) is 0 Å². The number of benzene rings is 2. The highest BCUT2D eigenvalue weighted by Crippen LogP contribution is 2.17. The summed E-state index contributed by atoms with van der Waals surface area (Å²) >= 11 is 0. The molecule has 3 N–H and O–H groups in total. The van der Waals surface area contributed by atoms with Crippen LogP contribution in [0.5, 0.6) is 5.75 Å². The van der Waals surface area contributed by atoms with Gasteiger partial charge in [0.15, 0.2) is 0 Å². The average Bonchev–Trinajstić information content (AvgIpc) is 2.47. The third-order valence-electron chi connectivity index (χ3n) is 2.91. The van der Waals surface area contributed by atoms with Gasteiger partial charge < -0.3 is 15.8 Å². The van der Waals surface area contributed by atoms with Gasteiger partial charge in [0.2, 0.25) is 5.91 Å². The van der Waals surface area contributed by atoms with Crippen molar-refractivity contribution in [3.63, 3.8) is 0 Å². The Morgan fingerprint density at radius 2 is 1.80 bits per heavy atom. The highest BCUT2D eigenvalue weighted by Gasteiger charge is 2.07. The van der Waals surface area contributed by atoms with E-state index in [9.17, 15) is 4.79 Å². The summed E-state index contributed by atoms with van der Waals surface area (Å²) in [6, 6.07) is 17.0. The van der Waals surface area contributed by atoms with Crippen molar-refractivity contribution >= 4 is 11.6 Å². The fourth-order valence-electron chi connectivity index (χ4n) is 1.71. The Morgan fingerprint density at radius 1 is 1.15 bits per heavy atom. The number of rotatable bonds is 6. The minimum atomic E-state index is -0.397. The van der Waals surface area contributed by atoms with Crippen molar-refractivity contribution in [2.45, 2.75) is 19.6 Å². The summed E-state index contributed by atoms with van der Waals surface area (Å²) in [6.45, 7) is 2.26. The molecule has 0 aromatic heterocycles. The van der Waals surface area contributed by atoms with Gasteiger partial charge in [0, 0.05) is 5.69 Å². The molecule has 0 spiro atoms. The summed E-state index contributed by atoms with van der Waals surface area (Å²) < 4.78 is 5.68. The van der Waals surface area contributed by atoms with Crippen LogP contribution in [0.3, 0.4) is 0 Å². The number of hydrogen-bond donors (Lipinski definition) is 2. The Kier molecular flexibility index (Phi) is 4.60. The fraction of sp³-hybridized carbons (Fsp3) is 0.188. The first-order chi connectivity index (χ1) is 9.65. The van der Waals surface area contributed by atoms with Crippen LogP contribution in [0.4, 0.5) is 5.69 Å². The summed E-state index contributed by atoms with van der Waals surface area (Å²) in [5.41, 5.74) is 7.16. The van der Waals surface area contributed by atoms with Crippen LogP contribution in [0.25, 0.3) is 0 Å². The zero-order valence-corrected chi connectivity index (χ0v) is 11.4. The summed E-state index contributed by atoms with van der Waals surface area (Å²) in [7, 11) is 0. The Hall–Kier alpha value is -2.49. The number of nitrogens with two attached hydrogens (primary N) is 1. The van der Waals surface area contributed by atoms with Crippen molar-refractivity contribution < 1.29 is 9.53 Å². The zero-order valence-electron chi connectivity index (χ0n) is 11.4. The van der Waals surface area contributed by atoms with Crippen LogP contribution < -0.4 is 15.8 Å². The zero-order chi connectivity index (χ0) is 14.4. The average molecular weight is 270 g/mol. The molecule has 20 heavy (non-hydrogen) atoms. The molecule has 0 aliphatic rings. The van der Waals surface area contributed by atoms with Crippen LogP contribution in [0.2, 0.25) is 0 Å². The lowest BCUT2D eigenvalue weighted by molar-refractivity contribution is -0.118. The molecule has 0 saturated carbocycles. The van der Waals surface area contributed by atoms with E-state index in [1.54, 1.807) is 6.92 Å². The number of carbonyl (C=O) groups is 1. The Balaban J connectivity index is 1.90. The monoisotopic (exact) mass is 270 g/mol. The van der Waals surface area contributed by atoms with Gasteiger partial charge in [-0.1, -0.05) is 30.3 Å². The lowest BCUT2D eigenvalue weighted by Crippen LogP contribution is -2.32. The van der Waals surface area contributed by atoms with Gasteiger partial charge in [-0.2, -0.15) is 0 Å². The van der Waals surface area contributed by atoms with Gasteiger partial charge >= 0.3 is 0 Å². The third-order valence-corrected chi connectivity index (χ3v) is 2.91. The van der Waals surface area contributed by atoms with Gasteiger partial charge in [-0.25, -0.2) is 0 Å². The lowest BCUT2D eigenvalue weighted by Gasteiger charge is -2.12. The Labute approximate surface area is 118 Å². The predicted molar refractivity (Wildman–Crippen MR) is 79.5 cm³/mol. The van der Waals surface area contributed by atoms with Crippen LogP contribution in [-0.4, -0.2) is 11.9 Å². The maximum atomic E-state index is 11.0. The van der Waals surface area contributed by atoms with Crippen molar-refractivity contribution in [3.05, 3.63) is 60.2 Å². The molecule has 4 heteroatoms. The maximum absolute atomic E-state index is 11.0. The van der Waals surface area contributed by atoms with Crippen LogP contribution in [0.1, 0.15) is 12.5 Å². The van der Waals surface area contributed by atoms with Crippen molar-refractivity contribution in [2.24, 2.45) is 5.73 Å². The van der Waals surface area contributed by atoms with Gasteiger partial charge in [-0.3, -0.25) is 4.79 Å². The summed E-state index contributed by atoms with van der Waals surface area (Å²) in [5, 5.41) is 3.01. The van der Waals surface area contributed by atoms with E-state index >= 15 is 0 Å². The van der Waals surface area contributed by atoms with Crippen LogP contribution in [0, 0.1) is 0 Å². The molecule has 0 aliphatic heterocycles. The molecule has 0 aliphatic carbocycles. The summed E-state index contributed by atoms with van der Waals surface area (Å²) in [4.78, 5) is 11.0. The second-order valence-corrected chi connectivity index (χ2v) is 4.57. The minimum absolute atomic E-state index is 0.380. The highest BCUT2D eigenvalue weighted by atomic mass is 16.5. The number of nitrogens with one attached hydrogen (secondary N) is 1. The molecule has 2 aromatic carbocycles. The van der Waals surface area contributed by atoms with Gasteiger partial charge in [0.25, 0.3) is 0 Å². The van der Waals surface area contributed by atoms with E-state index in [2.05, 4.69) is 5.32 Å². The van der Waals surface area contributed by atoms with E-state index in [0.29, 0.717) is 6.61 Å². The molecule has 0 bridgehead atoms. The number of anilines is 1. The van der Waals surface area contributed by atoms with Crippen molar-refractivity contribution in [2.75, 3.05) is 5.32 Å². The molecule has 1 atom stereocenters. The summed E-state index contributed by atoms with van der Waals surface area (Å²) in [5.74, 6) is 0.403. The second kappa shape index (κ2) is 6.61. The van der Waals surface area contributed by atoms with Gasteiger partial charge in [-0.15, -0.1) is 0 Å². The van der Waals surface area contributed by atoms with Crippen LogP contribution in [-0.2, 0) is 11.4 Å². The van der Waals surface area contributed by atoms with Gasteiger partial charge in [0.05, 0.1) is 0 Å². The van der Waals surface area contributed by atoms with E-state index < -0.39 is 6.04 Å². The van der Waals surface area contributed by atoms with Gasteiger partial charge in [-0.05, 0) is 36.8 Å². The first-order valence-electron chi connectivity index (χ1n) is 6.48. The molecule has 1 unspecified atom stereocenters. The van der Waals surface area contributed by atoms with Crippen LogP contribution in [0.15, 0.2) is 54.6 Å². The molecule has 2 rings (SSSR count). The number of primary amides is 1. The summed E-state index contributed by atoms with van der Waals surface area (Å²) in [6.07, 6.45) is 0. The largest absolute Gasteiger partial charge is 0.489 e. The maximum Gasteiger partial charge on any atom is 0.239 e. The van der Waals surface area contributed by atoms with E-state index in [-0.39, 0.29) is 5.91 Å². The molecule has 0 heterocycles. The molecule has 0 radical (unpaired) electrons. The molecule has 1 amide bonds. The predicted octanol–water partition coefficient (Wildman–Crippen LogP) is 2.55. The molecule has 104 valence electrons. The molecular formula is C16H18N2O2. The molecule has 2 aromatic rings. The first-order valence-corrected chi connectivity index (χ1v) is 6.48. The molecule has 4 nitrogen and oxygen atoms in total. The molecular weight excluding hydrogens is 252 g/mol. The first kappa shape index (κ1) is 13.9. The quantitative estimate of drug-likeness (QED) is 0.848. The third kappa shape index (κ3) is 4.02. The van der Waals surface area contributed by atoms with E-state index in [0.717, 1.165) is 17.0 Å². The second-order valence-electron chi connectivity index (χ2n) is 4.57. The fourth-order valence-corrected chi connectivity index (χ4v) is 1.71.